The van der Waals surface area contributed by atoms with Gasteiger partial charge in [-0.05, 0) is 38.5 Å². The molecule has 2 aromatic rings. The van der Waals surface area contributed by atoms with Crippen LogP contribution in [0.3, 0.4) is 0 Å². The molecule has 0 atom stereocenters. The van der Waals surface area contributed by atoms with Crippen molar-refractivity contribution >= 4 is 5.69 Å². The lowest BCUT2D eigenvalue weighted by Gasteiger charge is -2.27. The third kappa shape index (κ3) is 3.84. The van der Waals surface area contributed by atoms with Gasteiger partial charge in [0.1, 0.15) is 5.82 Å². The molecule has 0 aliphatic rings. The first-order valence-electron chi connectivity index (χ1n) is 7.12. The van der Waals surface area contributed by atoms with E-state index in [9.17, 15) is 0 Å². The van der Waals surface area contributed by atoms with Crippen molar-refractivity contribution in [1.82, 2.24) is 14.5 Å². The van der Waals surface area contributed by atoms with Crippen molar-refractivity contribution in [2.45, 2.75) is 39.9 Å². The van der Waals surface area contributed by atoms with Crippen LogP contribution in [-0.2, 0) is 13.1 Å². The lowest BCUT2D eigenvalue weighted by atomic mass is 10.1. The number of hydrogen-bond acceptors (Lipinski definition) is 3. The predicted molar refractivity (Wildman–Crippen MR) is 83.4 cm³/mol. The Morgan fingerprint density at radius 2 is 1.95 bits per heavy atom. The second-order valence-corrected chi connectivity index (χ2v) is 5.47. The summed E-state index contributed by atoms with van der Waals surface area (Å²) in [5, 5.41) is 0. The molecule has 0 radical (unpaired) electrons. The highest BCUT2D eigenvalue weighted by Crippen LogP contribution is 2.11. The van der Waals surface area contributed by atoms with Gasteiger partial charge in [-0.3, -0.25) is 4.90 Å². The van der Waals surface area contributed by atoms with E-state index in [1.54, 1.807) is 0 Å². The molecule has 0 aliphatic carbocycles. The second-order valence-electron chi connectivity index (χ2n) is 5.47. The van der Waals surface area contributed by atoms with Crippen molar-refractivity contribution in [3.05, 3.63) is 48.0 Å². The number of benzene rings is 1. The summed E-state index contributed by atoms with van der Waals surface area (Å²) >= 11 is 0. The second kappa shape index (κ2) is 6.57. The van der Waals surface area contributed by atoms with Crippen molar-refractivity contribution in [2.24, 2.45) is 0 Å². The van der Waals surface area contributed by atoms with Gasteiger partial charge >= 0.3 is 0 Å². The van der Waals surface area contributed by atoms with Gasteiger partial charge in [-0.1, -0.05) is 12.1 Å². The van der Waals surface area contributed by atoms with Gasteiger partial charge in [0.15, 0.2) is 0 Å². The SMILES string of the molecule is Cc1nccn1CCN(Cc1ccc(N)cc1)C(C)C. The van der Waals surface area contributed by atoms with E-state index in [0.29, 0.717) is 6.04 Å². The van der Waals surface area contributed by atoms with Gasteiger partial charge in [-0.25, -0.2) is 4.98 Å². The van der Waals surface area contributed by atoms with Crippen LogP contribution in [0.25, 0.3) is 0 Å². The van der Waals surface area contributed by atoms with Gasteiger partial charge in [0.2, 0.25) is 0 Å². The summed E-state index contributed by atoms with van der Waals surface area (Å²) in [6.45, 7) is 9.44. The quantitative estimate of drug-likeness (QED) is 0.822. The van der Waals surface area contributed by atoms with E-state index in [-0.39, 0.29) is 0 Å². The summed E-state index contributed by atoms with van der Waals surface area (Å²) in [6, 6.07) is 8.65. The van der Waals surface area contributed by atoms with Gasteiger partial charge < -0.3 is 10.3 Å². The number of hydrogen-bond donors (Lipinski definition) is 1. The third-order valence-electron chi connectivity index (χ3n) is 3.65. The van der Waals surface area contributed by atoms with Crippen LogP contribution in [0.15, 0.2) is 36.7 Å². The monoisotopic (exact) mass is 272 g/mol. The van der Waals surface area contributed by atoms with Crippen molar-refractivity contribution in [2.75, 3.05) is 12.3 Å². The van der Waals surface area contributed by atoms with E-state index < -0.39 is 0 Å². The average molecular weight is 272 g/mol. The van der Waals surface area contributed by atoms with E-state index in [1.165, 1.54) is 5.56 Å². The maximum Gasteiger partial charge on any atom is 0.105 e. The maximum atomic E-state index is 5.73. The van der Waals surface area contributed by atoms with Gasteiger partial charge in [-0.2, -0.15) is 0 Å². The number of nitrogen functional groups attached to an aromatic ring is 1. The summed E-state index contributed by atoms with van der Waals surface area (Å²) in [6.07, 6.45) is 3.89. The molecule has 0 aliphatic heterocycles. The fourth-order valence-electron chi connectivity index (χ4n) is 2.25. The van der Waals surface area contributed by atoms with Crippen molar-refractivity contribution in [3.63, 3.8) is 0 Å². The standard InChI is InChI=1S/C16H24N4/c1-13(2)20(11-10-19-9-8-18-14(19)3)12-15-4-6-16(17)7-5-15/h4-9,13H,10-12,17H2,1-3H3. The Hall–Kier alpha value is -1.81. The van der Waals surface area contributed by atoms with Crippen LogP contribution in [0.4, 0.5) is 5.69 Å². The minimum absolute atomic E-state index is 0.511. The van der Waals surface area contributed by atoms with Crippen LogP contribution in [0.1, 0.15) is 25.2 Å². The molecule has 0 saturated carbocycles. The predicted octanol–water partition coefficient (Wildman–Crippen LogP) is 2.68. The van der Waals surface area contributed by atoms with Gasteiger partial charge in [0.25, 0.3) is 0 Å². The number of anilines is 1. The highest BCUT2D eigenvalue weighted by atomic mass is 15.2. The highest BCUT2D eigenvalue weighted by molar-refractivity contribution is 5.39. The summed E-state index contributed by atoms with van der Waals surface area (Å²) < 4.78 is 2.19. The maximum absolute atomic E-state index is 5.73. The van der Waals surface area contributed by atoms with Gasteiger partial charge in [0, 0.05) is 43.8 Å². The Morgan fingerprint density at radius 3 is 2.50 bits per heavy atom. The zero-order valence-corrected chi connectivity index (χ0v) is 12.6. The fraction of sp³-hybridized carbons (Fsp3) is 0.438. The lowest BCUT2D eigenvalue weighted by molar-refractivity contribution is 0.204. The van der Waals surface area contributed by atoms with E-state index in [2.05, 4.69) is 40.4 Å². The molecule has 0 fully saturated rings. The Bertz CT molecular complexity index is 528. The topological polar surface area (TPSA) is 47.1 Å². The first-order valence-corrected chi connectivity index (χ1v) is 7.12. The number of nitrogens with two attached hydrogens (primary N) is 1. The van der Waals surface area contributed by atoms with Crippen LogP contribution < -0.4 is 5.73 Å². The number of nitrogens with zero attached hydrogens (tertiary/aromatic N) is 3. The number of rotatable bonds is 6. The van der Waals surface area contributed by atoms with Crippen LogP contribution in [0, 0.1) is 6.92 Å². The Balaban J connectivity index is 1.97. The van der Waals surface area contributed by atoms with Crippen molar-refractivity contribution in [3.8, 4) is 0 Å². The molecule has 0 amide bonds. The Morgan fingerprint density at radius 1 is 1.25 bits per heavy atom. The normalized spacial score (nSPS) is 11.4. The zero-order valence-electron chi connectivity index (χ0n) is 12.6. The number of aromatic nitrogens is 2. The minimum Gasteiger partial charge on any atom is -0.399 e. The Labute approximate surface area is 121 Å². The fourth-order valence-corrected chi connectivity index (χ4v) is 2.25. The third-order valence-corrected chi connectivity index (χ3v) is 3.65. The lowest BCUT2D eigenvalue weighted by Crippen LogP contribution is -2.33. The van der Waals surface area contributed by atoms with E-state index in [4.69, 9.17) is 5.73 Å². The summed E-state index contributed by atoms with van der Waals surface area (Å²) in [5.74, 6) is 1.07. The van der Waals surface area contributed by atoms with Crippen LogP contribution >= 0.6 is 0 Å². The molecule has 2 N–H and O–H groups in total. The first-order chi connectivity index (χ1) is 9.56. The average Bonchev–Trinajstić information content (AvgIpc) is 2.82. The molecular weight excluding hydrogens is 248 g/mol. The van der Waals surface area contributed by atoms with Crippen LogP contribution in [-0.4, -0.2) is 27.0 Å². The van der Waals surface area contributed by atoms with Gasteiger partial charge in [0.05, 0.1) is 0 Å². The molecule has 20 heavy (non-hydrogen) atoms. The van der Waals surface area contributed by atoms with Crippen molar-refractivity contribution < 1.29 is 0 Å². The van der Waals surface area contributed by atoms with Crippen LogP contribution in [0.5, 0.6) is 0 Å². The molecule has 4 nitrogen and oxygen atoms in total. The molecule has 1 aromatic carbocycles. The molecule has 108 valence electrons. The molecule has 2 rings (SSSR count). The molecule has 1 aromatic heterocycles. The summed E-state index contributed by atoms with van der Waals surface area (Å²) in [7, 11) is 0. The molecule has 4 heteroatoms. The van der Waals surface area contributed by atoms with Crippen molar-refractivity contribution in [1.29, 1.82) is 0 Å². The minimum atomic E-state index is 0.511. The molecular formula is C16H24N4. The molecule has 1 heterocycles. The van der Waals surface area contributed by atoms with E-state index in [1.807, 2.05) is 31.5 Å². The summed E-state index contributed by atoms with van der Waals surface area (Å²) in [4.78, 5) is 6.73. The van der Waals surface area contributed by atoms with Gasteiger partial charge in [-0.15, -0.1) is 0 Å². The Kier molecular flexibility index (Phi) is 4.79. The van der Waals surface area contributed by atoms with E-state index in [0.717, 1.165) is 31.1 Å². The van der Waals surface area contributed by atoms with E-state index >= 15 is 0 Å². The largest absolute Gasteiger partial charge is 0.399 e. The highest BCUT2D eigenvalue weighted by Gasteiger charge is 2.10. The molecule has 0 unspecified atom stereocenters. The first kappa shape index (κ1) is 14.6. The molecule has 0 saturated heterocycles. The molecule has 0 bridgehead atoms. The molecule has 0 spiro atoms. The summed E-state index contributed by atoms with van der Waals surface area (Å²) in [5.41, 5.74) is 7.85. The smallest absolute Gasteiger partial charge is 0.105 e. The number of imidazole rings is 1. The zero-order chi connectivity index (χ0) is 14.5. The number of aryl methyl sites for hydroxylation is 1. The van der Waals surface area contributed by atoms with Crippen LogP contribution in [0.2, 0.25) is 0 Å².